The second-order valence-electron chi connectivity index (χ2n) is 14.1. The Balaban J connectivity index is 1.24. The van der Waals surface area contributed by atoms with Crippen LogP contribution in [0.1, 0.15) is 42.9 Å². The zero-order valence-electron chi connectivity index (χ0n) is 30.7. The van der Waals surface area contributed by atoms with Gasteiger partial charge in [-0.05, 0) is 111 Å². The van der Waals surface area contributed by atoms with Gasteiger partial charge in [0.15, 0.2) is 0 Å². The van der Waals surface area contributed by atoms with E-state index in [1.54, 1.807) is 0 Å². The Morgan fingerprint density at radius 3 is 2.26 bits per heavy atom. The number of anilines is 3. The van der Waals surface area contributed by atoms with Crippen LogP contribution in [-0.4, -0.2) is 0 Å². The van der Waals surface area contributed by atoms with Crippen molar-refractivity contribution in [3.05, 3.63) is 199 Å². The maximum absolute atomic E-state index is 6.25. The van der Waals surface area contributed by atoms with Crippen molar-refractivity contribution >= 4 is 61.4 Å². The third-order valence-corrected chi connectivity index (χ3v) is 10.7. The van der Waals surface area contributed by atoms with Crippen LogP contribution >= 0.6 is 0 Å². The minimum atomic E-state index is 0.336. The molecule has 9 rings (SSSR count). The van der Waals surface area contributed by atoms with E-state index in [0.29, 0.717) is 5.92 Å². The molecule has 1 unspecified atom stereocenters. The standard InChI is InChI=1S/C52H41NO/c1-4-13-38(14-5-2)45-31-27-40-18-11-15-35(3)50(40)52(45)53(44-20-12-19-41(33-44)36-16-7-6-8-17-36)43-29-25-37(26-30-43)42-24-23-39-28-32-49-51(47(39)34-42)46-21-9-10-22-48(46)54-49/h4-14,16-35H,1,15H2,2-3H3/b14-5-,38-13+. The predicted octanol–water partition coefficient (Wildman–Crippen LogP) is 15.2. The fraction of sp³-hybridized carbons (Fsp3) is 0.0769. The van der Waals surface area contributed by atoms with Gasteiger partial charge < -0.3 is 9.32 Å². The molecule has 0 spiro atoms. The molecule has 260 valence electrons. The van der Waals surface area contributed by atoms with Crippen molar-refractivity contribution in [2.24, 2.45) is 0 Å². The molecule has 1 aliphatic rings. The van der Waals surface area contributed by atoms with Gasteiger partial charge in [0.1, 0.15) is 11.2 Å². The lowest BCUT2D eigenvalue weighted by Crippen LogP contribution is -2.17. The van der Waals surface area contributed by atoms with Crippen LogP contribution in [0.4, 0.5) is 17.1 Å². The molecule has 2 heteroatoms. The molecule has 0 fully saturated rings. The molecule has 0 saturated carbocycles. The number of allylic oxidation sites excluding steroid dienone is 6. The Labute approximate surface area is 317 Å². The second kappa shape index (κ2) is 14.1. The molecular formula is C52H41NO. The molecule has 2 nitrogen and oxygen atoms in total. The molecule has 7 aromatic carbocycles. The third kappa shape index (κ3) is 5.87. The molecule has 0 saturated heterocycles. The van der Waals surface area contributed by atoms with E-state index in [0.717, 1.165) is 45.5 Å². The molecule has 1 aromatic heterocycles. The molecule has 1 aliphatic carbocycles. The van der Waals surface area contributed by atoms with Gasteiger partial charge in [-0.3, -0.25) is 0 Å². The van der Waals surface area contributed by atoms with Gasteiger partial charge in [0, 0.05) is 27.7 Å². The summed E-state index contributed by atoms with van der Waals surface area (Å²) in [6, 6.07) is 52.6. The van der Waals surface area contributed by atoms with E-state index in [2.05, 4.69) is 189 Å². The number of furan rings is 1. The first kappa shape index (κ1) is 33.2. The maximum Gasteiger partial charge on any atom is 0.136 e. The highest BCUT2D eigenvalue weighted by Crippen LogP contribution is 2.48. The van der Waals surface area contributed by atoms with E-state index >= 15 is 0 Å². The summed E-state index contributed by atoms with van der Waals surface area (Å²) in [5, 5.41) is 4.72. The smallest absolute Gasteiger partial charge is 0.136 e. The Kier molecular flexibility index (Phi) is 8.65. The average Bonchev–Trinajstić information content (AvgIpc) is 3.61. The lowest BCUT2D eigenvalue weighted by molar-refractivity contribution is 0.669. The van der Waals surface area contributed by atoms with E-state index in [4.69, 9.17) is 4.42 Å². The Morgan fingerprint density at radius 2 is 1.43 bits per heavy atom. The summed E-state index contributed by atoms with van der Waals surface area (Å²) in [6.45, 7) is 8.52. The summed E-state index contributed by atoms with van der Waals surface area (Å²) in [6.07, 6.45) is 13.9. The fourth-order valence-electron chi connectivity index (χ4n) is 8.21. The molecular weight excluding hydrogens is 655 g/mol. The summed E-state index contributed by atoms with van der Waals surface area (Å²) in [5.74, 6) is 0.336. The quantitative estimate of drug-likeness (QED) is 0.147. The van der Waals surface area contributed by atoms with Gasteiger partial charge in [0.05, 0.1) is 5.69 Å². The molecule has 0 aliphatic heterocycles. The number of rotatable bonds is 8. The van der Waals surface area contributed by atoms with Crippen LogP contribution in [0, 0.1) is 0 Å². The summed E-state index contributed by atoms with van der Waals surface area (Å²) in [7, 11) is 0. The van der Waals surface area contributed by atoms with Crippen LogP contribution in [0.25, 0.3) is 66.6 Å². The van der Waals surface area contributed by atoms with Gasteiger partial charge in [-0.25, -0.2) is 0 Å². The van der Waals surface area contributed by atoms with Crippen molar-refractivity contribution in [1.29, 1.82) is 0 Å². The van der Waals surface area contributed by atoms with Crippen molar-refractivity contribution in [3.63, 3.8) is 0 Å². The van der Waals surface area contributed by atoms with Crippen molar-refractivity contribution < 1.29 is 4.42 Å². The van der Waals surface area contributed by atoms with Crippen LogP contribution in [-0.2, 0) is 0 Å². The highest BCUT2D eigenvalue weighted by Gasteiger charge is 2.27. The van der Waals surface area contributed by atoms with Crippen molar-refractivity contribution in [3.8, 4) is 22.3 Å². The fourth-order valence-corrected chi connectivity index (χ4v) is 8.21. The Morgan fingerprint density at radius 1 is 0.685 bits per heavy atom. The van der Waals surface area contributed by atoms with Crippen LogP contribution in [0.5, 0.6) is 0 Å². The molecule has 0 radical (unpaired) electrons. The molecule has 0 N–H and O–H groups in total. The average molecular weight is 696 g/mol. The summed E-state index contributed by atoms with van der Waals surface area (Å²) < 4.78 is 6.25. The Bertz CT molecular complexity index is 2780. The lowest BCUT2D eigenvalue weighted by atomic mass is 9.83. The van der Waals surface area contributed by atoms with Gasteiger partial charge in [0.2, 0.25) is 0 Å². The van der Waals surface area contributed by atoms with Gasteiger partial charge in [-0.2, -0.15) is 0 Å². The molecule has 1 atom stereocenters. The van der Waals surface area contributed by atoms with Crippen molar-refractivity contribution in [1.82, 2.24) is 0 Å². The minimum Gasteiger partial charge on any atom is -0.456 e. The monoisotopic (exact) mass is 695 g/mol. The molecule has 0 bridgehead atoms. The number of hydrogen-bond acceptors (Lipinski definition) is 2. The maximum atomic E-state index is 6.25. The van der Waals surface area contributed by atoms with Crippen molar-refractivity contribution in [2.45, 2.75) is 26.2 Å². The minimum absolute atomic E-state index is 0.336. The number of para-hydroxylation sites is 1. The van der Waals surface area contributed by atoms with Crippen molar-refractivity contribution in [2.75, 3.05) is 4.90 Å². The van der Waals surface area contributed by atoms with Gasteiger partial charge in [-0.1, -0.05) is 153 Å². The number of nitrogens with zero attached hydrogens (tertiary/aromatic N) is 1. The molecule has 0 amide bonds. The molecule has 8 aromatic rings. The predicted molar refractivity (Wildman–Crippen MR) is 232 cm³/mol. The topological polar surface area (TPSA) is 16.4 Å². The van der Waals surface area contributed by atoms with Crippen LogP contribution in [0.3, 0.4) is 0 Å². The first-order valence-electron chi connectivity index (χ1n) is 18.8. The SMILES string of the molecule is C=C/C=C(\C=C/C)c1ccc2c(c1N(c1ccc(-c3ccc4ccc5oc6ccccc6c5c4c3)cc1)c1cccc(-c3ccccc3)c1)C(C)CC=C2. The first-order valence-corrected chi connectivity index (χ1v) is 18.8. The van der Waals surface area contributed by atoms with Crippen LogP contribution < -0.4 is 4.90 Å². The third-order valence-electron chi connectivity index (χ3n) is 10.7. The zero-order valence-corrected chi connectivity index (χ0v) is 30.7. The van der Waals surface area contributed by atoms with Gasteiger partial charge in [0.25, 0.3) is 0 Å². The largest absolute Gasteiger partial charge is 0.456 e. The van der Waals surface area contributed by atoms with E-state index < -0.39 is 0 Å². The Hall–Kier alpha value is -6.64. The van der Waals surface area contributed by atoms with Crippen LogP contribution in [0.2, 0.25) is 0 Å². The highest BCUT2D eigenvalue weighted by molar-refractivity contribution is 6.19. The number of fused-ring (bicyclic) bond motifs is 6. The lowest BCUT2D eigenvalue weighted by Gasteiger charge is -2.34. The van der Waals surface area contributed by atoms with Gasteiger partial charge >= 0.3 is 0 Å². The van der Waals surface area contributed by atoms with Crippen LogP contribution in [0.15, 0.2) is 187 Å². The molecule has 54 heavy (non-hydrogen) atoms. The summed E-state index contributed by atoms with van der Waals surface area (Å²) >= 11 is 0. The highest BCUT2D eigenvalue weighted by atomic mass is 16.3. The number of hydrogen-bond donors (Lipinski definition) is 0. The normalized spacial score (nSPS) is 14.3. The van der Waals surface area contributed by atoms with E-state index in [-0.39, 0.29) is 0 Å². The molecule has 1 heterocycles. The van der Waals surface area contributed by atoms with E-state index in [9.17, 15) is 0 Å². The summed E-state index contributed by atoms with van der Waals surface area (Å²) in [5.41, 5.74) is 14.9. The van der Waals surface area contributed by atoms with E-state index in [1.165, 1.54) is 55.2 Å². The number of benzene rings is 7. The van der Waals surface area contributed by atoms with Gasteiger partial charge in [-0.15, -0.1) is 0 Å². The zero-order chi connectivity index (χ0) is 36.6. The first-order chi connectivity index (χ1) is 26.6. The summed E-state index contributed by atoms with van der Waals surface area (Å²) in [4.78, 5) is 2.47. The second-order valence-corrected chi connectivity index (χ2v) is 14.1. The van der Waals surface area contributed by atoms with E-state index in [1.807, 2.05) is 18.2 Å².